The highest BCUT2D eigenvalue weighted by Crippen LogP contribution is 2.29. The van der Waals surface area contributed by atoms with E-state index in [2.05, 4.69) is 0 Å². The fourth-order valence-corrected chi connectivity index (χ4v) is 1.03. The minimum absolute atomic E-state index is 0.0974. The molecule has 3 nitrogen and oxygen atoms in total. The van der Waals surface area contributed by atoms with Crippen molar-refractivity contribution in [1.29, 1.82) is 0 Å². The minimum Gasteiger partial charge on any atom is -0.489 e. The summed E-state index contributed by atoms with van der Waals surface area (Å²) in [5.74, 6) is 0.294. The topological polar surface area (TPSA) is 55.1 Å². The van der Waals surface area contributed by atoms with Crippen LogP contribution in [0.15, 0.2) is 18.2 Å². The first kappa shape index (κ1) is 8.87. The molecule has 0 aromatic heterocycles. The number of nitrogens with two attached hydrogens (primary N) is 1. The van der Waals surface area contributed by atoms with E-state index in [4.69, 9.17) is 10.5 Å². The van der Waals surface area contributed by atoms with Gasteiger partial charge in [0, 0.05) is 12.1 Å². The zero-order chi connectivity index (χ0) is 8.97. The van der Waals surface area contributed by atoms with Crippen molar-refractivity contribution in [2.75, 3.05) is 6.61 Å². The Morgan fingerprint density at radius 1 is 1.50 bits per heavy atom. The van der Waals surface area contributed by atoms with Gasteiger partial charge in [0.25, 0.3) is 0 Å². The Hall–Kier alpha value is -1.22. The van der Waals surface area contributed by atoms with Crippen LogP contribution in [0, 0.1) is 0 Å². The average Bonchev–Trinajstić information content (AvgIpc) is 2.09. The lowest BCUT2D eigenvalue weighted by atomic mass is 10.2. The van der Waals surface area contributed by atoms with Crippen LogP contribution in [0.3, 0.4) is 0 Å². The van der Waals surface area contributed by atoms with Gasteiger partial charge in [0.05, 0.1) is 6.61 Å². The molecule has 3 heteroatoms. The van der Waals surface area contributed by atoms with Gasteiger partial charge in [-0.15, -0.1) is 0 Å². The standard InChI is InChI=1S/C9H12NO2/c1-2-12-9-7(6-10)4-3-5-8(9)11/h3-5H,2,6,10H2,1H3. The number of hydrogen-bond donors (Lipinski definition) is 1. The van der Waals surface area contributed by atoms with Gasteiger partial charge in [-0.3, -0.25) is 5.11 Å². The van der Waals surface area contributed by atoms with Crippen LogP contribution < -0.4 is 10.5 Å². The zero-order valence-corrected chi connectivity index (χ0v) is 7.04. The van der Waals surface area contributed by atoms with Gasteiger partial charge in [0.2, 0.25) is 5.75 Å². The largest absolute Gasteiger partial charge is 0.489 e. The fourth-order valence-electron chi connectivity index (χ4n) is 1.03. The maximum absolute atomic E-state index is 11.2. The highest BCUT2D eigenvalue weighted by atomic mass is 16.5. The molecular formula is C9H12NO2. The molecule has 1 radical (unpaired) electrons. The molecule has 1 aromatic carbocycles. The molecule has 1 rings (SSSR count). The van der Waals surface area contributed by atoms with E-state index in [1.54, 1.807) is 12.1 Å². The molecule has 0 bridgehead atoms. The highest BCUT2D eigenvalue weighted by molar-refractivity contribution is 5.45. The first-order chi connectivity index (χ1) is 5.79. The number of rotatable bonds is 3. The number of hydrogen-bond acceptors (Lipinski definition) is 2. The highest BCUT2D eigenvalue weighted by Gasteiger charge is 2.07. The van der Waals surface area contributed by atoms with E-state index < -0.39 is 0 Å². The number of ether oxygens (including phenoxy) is 1. The molecule has 1 aromatic rings. The Bertz CT molecular complexity index is 261. The first-order valence-corrected chi connectivity index (χ1v) is 3.91. The van der Waals surface area contributed by atoms with E-state index in [1.165, 1.54) is 6.07 Å². The summed E-state index contributed by atoms with van der Waals surface area (Å²) in [5, 5.41) is 11.2. The van der Waals surface area contributed by atoms with Crippen molar-refractivity contribution in [3.63, 3.8) is 0 Å². The van der Waals surface area contributed by atoms with E-state index in [9.17, 15) is 5.11 Å². The molecule has 0 spiro atoms. The van der Waals surface area contributed by atoms with Crippen LogP contribution in [0.2, 0.25) is 0 Å². The van der Waals surface area contributed by atoms with Crippen LogP contribution in [0.4, 0.5) is 0 Å². The molecule has 0 aliphatic rings. The monoisotopic (exact) mass is 166 g/mol. The summed E-state index contributed by atoms with van der Waals surface area (Å²) in [4.78, 5) is 0. The van der Waals surface area contributed by atoms with Crippen LogP contribution in [-0.2, 0) is 11.7 Å². The minimum atomic E-state index is -0.0974. The predicted molar refractivity (Wildman–Crippen MR) is 45.6 cm³/mol. The van der Waals surface area contributed by atoms with Gasteiger partial charge in [0.15, 0.2) is 5.75 Å². The van der Waals surface area contributed by atoms with Crippen LogP contribution in [-0.4, -0.2) is 6.61 Å². The van der Waals surface area contributed by atoms with E-state index in [-0.39, 0.29) is 5.75 Å². The van der Waals surface area contributed by atoms with Crippen molar-refractivity contribution in [2.24, 2.45) is 5.73 Å². The molecule has 12 heavy (non-hydrogen) atoms. The molecule has 0 aliphatic carbocycles. The lowest BCUT2D eigenvalue weighted by Gasteiger charge is -2.07. The third-order valence-electron chi connectivity index (χ3n) is 1.57. The van der Waals surface area contributed by atoms with Gasteiger partial charge < -0.3 is 10.5 Å². The lowest BCUT2D eigenvalue weighted by Crippen LogP contribution is -2.01. The second-order valence-corrected chi connectivity index (χ2v) is 2.38. The summed E-state index contributed by atoms with van der Waals surface area (Å²) < 4.78 is 5.17. The Morgan fingerprint density at radius 2 is 2.25 bits per heavy atom. The molecule has 0 saturated heterocycles. The first-order valence-electron chi connectivity index (χ1n) is 3.91. The summed E-state index contributed by atoms with van der Waals surface area (Å²) in [7, 11) is 0. The summed E-state index contributed by atoms with van der Waals surface area (Å²) in [6, 6.07) is 4.96. The second kappa shape index (κ2) is 3.97. The summed E-state index contributed by atoms with van der Waals surface area (Å²) in [5.41, 5.74) is 6.20. The normalized spacial score (nSPS) is 9.83. The van der Waals surface area contributed by atoms with E-state index in [0.717, 1.165) is 5.56 Å². The molecule has 0 amide bonds. The van der Waals surface area contributed by atoms with E-state index >= 15 is 0 Å². The zero-order valence-electron chi connectivity index (χ0n) is 7.04. The molecule has 0 unspecified atom stereocenters. The Kier molecular flexibility index (Phi) is 2.94. The Labute approximate surface area is 71.8 Å². The van der Waals surface area contributed by atoms with Crippen molar-refractivity contribution >= 4 is 0 Å². The van der Waals surface area contributed by atoms with Gasteiger partial charge in [-0.25, -0.2) is 0 Å². The summed E-state index contributed by atoms with van der Waals surface area (Å²) in [6.07, 6.45) is 0. The van der Waals surface area contributed by atoms with E-state index in [0.29, 0.717) is 18.9 Å². The van der Waals surface area contributed by atoms with E-state index in [1.807, 2.05) is 6.92 Å². The lowest BCUT2D eigenvalue weighted by molar-refractivity contribution is 0.285. The number of benzene rings is 1. The SMILES string of the molecule is CCOc1c([O])cccc1CN. The molecule has 2 N–H and O–H groups in total. The summed E-state index contributed by atoms with van der Waals surface area (Å²) >= 11 is 0. The second-order valence-electron chi connectivity index (χ2n) is 2.38. The number of para-hydroxylation sites is 1. The van der Waals surface area contributed by atoms with Crippen molar-refractivity contribution in [2.45, 2.75) is 13.5 Å². The van der Waals surface area contributed by atoms with Crippen LogP contribution in [0.1, 0.15) is 12.5 Å². The van der Waals surface area contributed by atoms with Crippen LogP contribution in [0.25, 0.3) is 0 Å². The molecule has 0 fully saturated rings. The van der Waals surface area contributed by atoms with Gasteiger partial charge in [-0.1, -0.05) is 12.1 Å². The molecular weight excluding hydrogens is 154 g/mol. The third kappa shape index (κ3) is 1.68. The molecule has 65 valence electrons. The molecule has 0 atom stereocenters. The quantitative estimate of drug-likeness (QED) is 0.742. The fraction of sp³-hybridized carbons (Fsp3) is 0.333. The predicted octanol–water partition coefficient (Wildman–Crippen LogP) is 1.69. The van der Waals surface area contributed by atoms with Crippen LogP contribution in [0.5, 0.6) is 11.5 Å². The van der Waals surface area contributed by atoms with Crippen molar-refractivity contribution in [1.82, 2.24) is 0 Å². The van der Waals surface area contributed by atoms with Crippen molar-refractivity contribution in [3.8, 4) is 11.5 Å². The Balaban J connectivity index is 3.02. The van der Waals surface area contributed by atoms with Gasteiger partial charge in [0.1, 0.15) is 0 Å². The van der Waals surface area contributed by atoms with Gasteiger partial charge >= 0.3 is 0 Å². The van der Waals surface area contributed by atoms with Crippen LogP contribution >= 0.6 is 0 Å². The van der Waals surface area contributed by atoms with Gasteiger partial charge in [-0.2, -0.15) is 0 Å². The summed E-state index contributed by atoms with van der Waals surface area (Å²) in [6.45, 7) is 2.67. The molecule has 0 saturated carbocycles. The third-order valence-corrected chi connectivity index (χ3v) is 1.57. The molecule has 0 heterocycles. The maximum atomic E-state index is 11.2. The van der Waals surface area contributed by atoms with Crippen molar-refractivity contribution < 1.29 is 9.84 Å². The maximum Gasteiger partial charge on any atom is 0.220 e. The molecule has 0 aliphatic heterocycles. The van der Waals surface area contributed by atoms with Gasteiger partial charge in [-0.05, 0) is 13.0 Å². The average molecular weight is 166 g/mol. The smallest absolute Gasteiger partial charge is 0.220 e. The van der Waals surface area contributed by atoms with Crippen molar-refractivity contribution in [3.05, 3.63) is 23.8 Å². The Morgan fingerprint density at radius 3 is 2.83 bits per heavy atom.